The molecule has 0 atom stereocenters. The fourth-order valence-electron chi connectivity index (χ4n) is 2.05. The summed E-state index contributed by atoms with van der Waals surface area (Å²) < 4.78 is 0. The molecule has 0 bridgehead atoms. The van der Waals surface area contributed by atoms with E-state index in [1.165, 1.54) is 0 Å². The Bertz CT molecular complexity index is 167. The molecule has 0 radical (unpaired) electrons. The van der Waals surface area contributed by atoms with Gasteiger partial charge in [-0.05, 0) is 27.7 Å². The highest BCUT2D eigenvalue weighted by Crippen LogP contribution is 2.25. The lowest BCUT2D eigenvalue weighted by molar-refractivity contribution is -0.124. The molecule has 0 unspecified atom stereocenters. The van der Waals surface area contributed by atoms with Crippen LogP contribution >= 0.6 is 0 Å². The summed E-state index contributed by atoms with van der Waals surface area (Å²) in [5.74, 6) is 0.374. The fourth-order valence-corrected chi connectivity index (χ4v) is 2.05. The van der Waals surface area contributed by atoms with Crippen LogP contribution in [0.15, 0.2) is 0 Å². The summed E-state index contributed by atoms with van der Waals surface area (Å²) in [5.41, 5.74) is -0.0301. The zero-order valence-electron chi connectivity index (χ0n) is 9.27. The van der Waals surface area contributed by atoms with E-state index in [2.05, 4.69) is 33.0 Å². The molecule has 1 rings (SSSR count). The van der Waals surface area contributed by atoms with Crippen LogP contribution in [0.3, 0.4) is 0 Å². The molecule has 0 aliphatic carbocycles. The Kier molecular flexibility index (Phi) is 4.07. The van der Waals surface area contributed by atoms with Crippen molar-refractivity contribution < 1.29 is 9.90 Å². The predicted molar refractivity (Wildman–Crippen MR) is 53.7 cm³/mol. The molecule has 0 aromatic rings. The van der Waals surface area contributed by atoms with Crippen LogP contribution in [-0.2, 0) is 4.79 Å². The van der Waals surface area contributed by atoms with Gasteiger partial charge in [-0.2, -0.15) is 0 Å². The monoisotopic (exact) mass is 187 g/mol. The van der Waals surface area contributed by atoms with Gasteiger partial charge in [-0.25, -0.2) is 0 Å². The number of hydrogen-bond donors (Lipinski definition) is 2. The van der Waals surface area contributed by atoms with E-state index in [1.807, 2.05) is 0 Å². The van der Waals surface area contributed by atoms with Crippen molar-refractivity contribution in [2.75, 3.05) is 7.11 Å². The molecular formula is C10H21NO2. The first kappa shape index (κ1) is 12.6. The molecule has 1 heterocycles. The Morgan fingerprint density at radius 2 is 1.38 bits per heavy atom. The normalized spacial score (nSPS) is 24.6. The third-order valence-corrected chi connectivity index (χ3v) is 1.95. The number of ketones is 1. The first-order valence-corrected chi connectivity index (χ1v) is 4.57. The van der Waals surface area contributed by atoms with Crippen molar-refractivity contribution in [3.05, 3.63) is 0 Å². The average molecular weight is 187 g/mol. The largest absolute Gasteiger partial charge is 0.400 e. The molecular weight excluding hydrogens is 166 g/mol. The predicted octanol–water partition coefficient (Wildman–Crippen LogP) is 1.10. The summed E-state index contributed by atoms with van der Waals surface area (Å²) in [7, 11) is 1.00. The van der Waals surface area contributed by atoms with Gasteiger partial charge in [-0.3, -0.25) is 4.79 Å². The second-order valence-corrected chi connectivity index (χ2v) is 4.78. The highest BCUT2D eigenvalue weighted by atomic mass is 16.2. The van der Waals surface area contributed by atoms with Crippen molar-refractivity contribution in [1.29, 1.82) is 0 Å². The van der Waals surface area contributed by atoms with Crippen molar-refractivity contribution >= 4 is 5.78 Å². The van der Waals surface area contributed by atoms with Gasteiger partial charge >= 0.3 is 0 Å². The molecule has 2 N–H and O–H groups in total. The minimum absolute atomic E-state index is 0.0150. The summed E-state index contributed by atoms with van der Waals surface area (Å²) in [6, 6.07) is 0. The maximum atomic E-state index is 11.3. The SMILES string of the molecule is CC1(C)CC(=O)CC(C)(C)N1.CO. The van der Waals surface area contributed by atoms with Gasteiger partial charge in [0.25, 0.3) is 0 Å². The maximum absolute atomic E-state index is 11.3. The molecule has 0 amide bonds. The Morgan fingerprint density at radius 3 is 1.62 bits per heavy atom. The standard InChI is InChI=1S/C9H17NO.CH4O/c1-8(2)5-7(11)6-9(3,4)10-8;1-2/h10H,5-6H2,1-4H3;2H,1H3. The third kappa shape index (κ3) is 4.39. The zero-order chi connectivity index (χ0) is 10.7. The van der Waals surface area contributed by atoms with E-state index < -0.39 is 0 Å². The fraction of sp³-hybridized carbons (Fsp3) is 0.900. The second kappa shape index (κ2) is 4.20. The molecule has 0 aromatic carbocycles. The van der Waals surface area contributed by atoms with Crippen LogP contribution in [0.5, 0.6) is 0 Å². The lowest BCUT2D eigenvalue weighted by Gasteiger charge is -2.41. The van der Waals surface area contributed by atoms with E-state index in [0.717, 1.165) is 7.11 Å². The Labute approximate surface area is 80.5 Å². The Morgan fingerprint density at radius 1 is 1.08 bits per heavy atom. The van der Waals surface area contributed by atoms with Gasteiger partial charge in [0.2, 0.25) is 0 Å². The zero-order valence-corrected chi connectivity index (χ0v) is 9.27. The van der Waals surface area contributed by atoms with Crippen LogP contribution < -0.4 is 5.32 Å². The number of hydrogen-bond acceptors (Lipinski definition) is 3. The minimum Gasteiger partial charge on any atom is -0.400 e. The van der Waals surface area contributed by atoms with Crippen molar-refractivity contribution in [3.8, 4) is 0 Å². The summed E-state index contributed by atoms with van der Waals surface area (Å²) in [5, 5.41) is 10.4. The third-order valence-electron chi connectivity index (χ3n) is 1.95. The van der Waals surface area contributed by atoms with E-state index in [1.54, 1.807) is 0 Å². The molecule has 13 heavy (non-hydrogen) atoms. The molecule has 78 valence electrons. The number of rotatable bonds is 0. The van der Waals surface area contributed by atoms with E-state index in [4.69, 9.17) is 5.11 Å². The first-order valence-electron chi connectivity index (χ1n) is 4.57. The van der Waals surface area contributed by atoms with Crippen molar-refractivity contribution in [3.63, 3.8) is 0 Å². The smallest absolute Gasteiger partial charge is 0.136 e. The van der Waals surface area contributed by atoms with Gasteiger partial charge in [0.15, 0.2) is 0 Å². The summed E-state index contributed by atoms with van der Waals surface area (Å²) in [4.78, 5) is 11.3. The van der Waals surface area contributed by atoms with Crippen LogP contribution in [0.2, 0.25) is 0 Å². The number of aliphatic hydroxyl groups excluding tert-OH is 1. The number of aliphatic hydroxyl groups is 1. The molecule has 0 aromatic heterocycles. The molecule has 1 fully saturated rings. The second-order valence-electron chi connectivity index (χ2n) is 4.78. The first-order chi connectivity index (χ1) is 5.81. The lowest BCUT2D eigenvalue weighted by atomic mass is 9.82. The molecule has 3 nitrogen and oxygen atoms in total. The van der Waals surface area contributed by atoms with Crippen LogP contribution in [-0.4, -0.2) is 29.1 Å². The summed E-state index contributed by atoms with van der Waals surface area (Å²) in [6.45, 7) is 8.30. The van der Waals surface area contributed by atoms with E-state index in [0.29, 0.717) is 18.6 Å². The van der Waals surface area contributed by atoms with Crippen molar-refractivity contribution in [2.24, 2.45) is 0 Å². The molecule has 3 heteroatoms. The minimum atomic E-state index is -0.0150. The molecule has 0 spiro atoms. The van der Waals surface area contributed by atoms with Crippen LogP contribution in [0.25, 0.3) is 0 Å². The van der Waals surface area contributed by atoms with Gasteiger partial charge in [0, 0.05) is 31.0 Å². The van der Waals surface area contributed by atoms with E-state index in [9.17, 15) is 4.79 Å². The van der Waals surface area contributed by atoms with Gasteiger partial charge < -0.3 is 10.4 Å². The van der Waals surface area contributed by atoms with Crippen LogP contribution in [0, 0.1) is 0 Å². The number of piperidine rings is 1. The molecule has 0 saturated carbocycles. The van der Waals surface area contributed by atoms with Crippen LogP contribution in [0.1, 0.15) is 40.5 Å². The topological polar surface area (TPSA) is 49.3 Å². The lowest BCUT2D eigenvalue weighted by Crippen LogP contribution is -2.58. The summed E-state index contributed by atoms with van der Waals surface area (Å²) in [6.07, 6.45) is 1.33. The number of nitrogens with one attached hydrogen (secondary N) is 1. The maximum Gasteiger partial charge on any atom is 0.136 e. The summed E-state index contributed by atoms with van der Waals surface area (Å²) >= 11 is 0. The van der Waals surface area contributed by atoms with E-state index >= 15 is 0 Å². The number of Topliss-reactive ketones (excluding diaryl/α,β-unsaturated/α-hetero) is 1. The molecule has 1 aliphatic heterocycles. The van der Waals surface area contributed by atoms with E-state index in [-0.39, 0.29) is 11.1 Å². The highest BCUT2D eigenvalue weighted by molar-refractivity contribution is 5.81. The highest BCUT2D eigenvalue weighted by Gasteiger charge is 2.36. The van der Waals surface area contributed by atoms with Gasteiger partial charge in [0.05, 0.1) is 0 Å². The van der Waals surface area contributed by atoms with Gasteiger partial charge in [0.1, 0.15) is 5.78 Å². The van der Waals surface area contributed by atoms with Gasteiger partial charge in [-0.15, -0.1) is 0 Å². The van der Waals surface area contributed by atoms with Crippen molar-refractivity contribution in [1.82, 2.24) is 5.32 Å². The number of carbonyl (C=O) groups is 1. The number of carbonyl (C=O) groups excluding carboxylic acids is 1. The van der Waals surface area contributed by atoms with Crippen LogP contribution in [0.4, 0.5) is 0 Å². The van der Waals surface area contributed by atoms with Crippen molar-refractivity contribution in [2.45, 2.75) is 51.6 Å². The quantitative estimate of drug-likeness (QED) is 0.597. The average Bonchev–Trinajstić information content (AvgIpc) is 1.82. The molecule has 1 saturated heterocycles. The van der Waals surface area contributed by atoms with Gasteiger partial charge in [-0.1, -0.05) is 0 Å². The Hall–Kier alpha value is -0.410. The molecule has 1 aliphatic rings. The Balaban J connectivity index is 0.000000671.